The van der Waals surface area contributed by atoms with Crippen LogP contribution < -0.4 is 5.32 Å². The first kappa shape index (κ1) is 15.5. The lowest BCUT2D eigenvalue weighted by atomic mass is 9.98. The van der Waals surface area contributed by atoms with Gasteiger partial charge in [-0.05, 0) is 66.1 Å². The van der Waals surface area contributed by atoms with E-state index < -0.39 is 0 Å². The minimum absolute atomic E-state index is 0.394. The molecule has 0 aromatic heterocycles. The van der Waals surface area contributed by atoms with Gasteiger partial charge in [0, 0.05) is 9.61 Å². The molecule has 0 aliphatic heterocycles. The number of aryl methyl sites for hydroxylation is 1. The zero-order valence-corrected chi connectivity index (χ0v) is 14.4. The van der Waals surface area contributed by atoms with Gasteiger partial charge in [-0.2, -0.15) is 0 Å². The monoisotopic (exact) mass is 379 g/mol. The third-order valence-electron chi connectivity index (χ3n) is 3.48. The molecule has 0 spiro atoms. The van der Waals surface area contributed by atoms with Gasteiger partial charge < -0.3 is 5.32 Å². The summed E-state index contributed by atoms with van der Waals surface area (Å²) in [4.78, 5) is 0. The molecule has 0 saturated carbocycles. The molecule has 1 atom stereocenters. The maximum Gasteiger partial charge on any atom is 0.0371 e. The van der Waals surface area contributed by atoms with Gasteiger partial charge in [-0.3, -0.25) is 0 Å². The van der Waals surface area contributed by atoms with Crippen molar-refractivity contribution < 1.29 is 0 Å². The van der Waals surface area contributed by atoms with Crippen molar-refractivity contribution in [1.82, 2.24) is 5.32 Å². The Hall–Kier alpha value is -0.870. The molecular weight excluding hydrogens is 357 g/mol. The number of nitrogens with one attached hydrogen (secondary N) is 1. The van der Waals surface area contributed by atoms with Crippen molar-refractivity contribution >= 4 is 22.6 Å². The fourth-order valence-electron chi connectivity index (χ4n) is 2.33. The third-order valence-corrected chi connectivity index (χ3v) is 4.46. The van der Waals surface area contributed by atoms with Crippen molar-refractivity contribution in [3.8, 4) is 0 Å². The van der Waals surface area contributed by atoms with E-state index in [1.165, 1.54) is 20.3 Å². The SMILES string of the molecule is CCCNC(Cc1ccc(C)cc1)c1ccccc1I. The van der Waals surface area contributed by atoms with Crippen LogP contribution in [-0.2, 0) is 6.42 Å². The summed E-state index contributed by atoms with van der Waals surface area (Å²) in [7, 11) is 0. The Morgan fingerprint density at radius 3 is 2.40 bits per heavy atom. The fourth-order valence-corrected chi connectivity index (χ4v) is 3.09. The van der Waals surface area contributed by atoms with E-state index in [4.69, 9.17) is 0 Å². The Morgan fingerprint density at radius 2 is 1.75 bits per heavy atom. The molecule has 0 saturated heterocycles. The fraction of sp³-hybridized carbons (Fsp3) is 0.333. The van der Waals surface area contributed by atoms with Crippen LogP contribution >= 0.6 is 22.6 Å². The number of hydrogen-bond acceptors (Lipinski definition) is 1. The zero-order chi connectivity index (χ0) is 14.4. The molecule has 20 heavy (non-hydrogen) atoms. The predicted molar refractivity (Wildman–Crippen MR) is 95.1 cm³/mol. The first-order valence-electron chi connectivity index (χ1n) is 7.24. The summed E-state index contributed by atoms with van der Waals surface area (Å²) >= 11 is 2.44. The Balaban J connectivity index is 2.19. The average molecular weight is 379 g/mol. The summed E-state index contributed by atoms with van der Waals surface area (Å²) in [6, 6.07) is 17.9. The van der Waals surface area contributed by atoms with Gasteiger partial charge in [0.15, 0.2) is 0 Å². The molecule has 0 radical (unpaired) electrons. The Morgan fingerprint density at radius 1 is 1.05 bits per heavy atom. The van der Waals surface area contributed by atoms with Crippen LogP contribution in [0.2, 0.25) is 0 Å². The predicted octanol–water partition coefficient (Wildman–Crippen LogP) is 4.88. The minimum atomic E-state index is 0.394. The number of benzene rings is 2. The van der Waals surface area contributed by atoms with Crippen LogP contribution in [-0.4, -0.2) is 6.54 Å². The molecular formula is C18H22IN. The van der Waals surface area contributed by atoms with Crippen LogP contribution in [0, 0.1) is 10.5 Å². The van der Waals surface area contributed by atoms with Crippen LogP contribution in [0.1, 0.15) is 36.1 Å². The normalized spacial score (nSPS) is 12.3. The maximum atomic E-state index is 3.68. The molecule has 106 valence electrons. The summed E-state index contributed by atoms with van der Waals surface area (Å²) in [6.07, 6.45) is 2.20. The smallest absolute Gasteiger partial charge is 0.0371 e. The molecule has 2 rings (SSSR count). The van der Waals surface area contributed by atoms with Gasteiger partial charge in [0.2, 0.25) is 0 Å². The second-order valence-corrected chi connectivity index (χ2v) is 6.38. The molecule has 2 heteroatoms. The Kier molecular flexibility index (Phi) is 6.05. The van der Waals surface area contributed by atoms with Gasteiger partial charge >= 0.3 is 0 Å². The first-order chi connectivity index (χ1) is 9.70. The lowest BCUT2D eigenvalue weighted by molar-refractivity contribution is 0.527. The Bertz CT molecular complexity index is 533. The van der Waals surface area contributed by atoms with Crippen molar-refractivity contribution in [2.75, 3.05) is 6.54 Å². The summed E-state index contributed by atoms with van der Waals surface area (Å²) in [5.74, 6) is 0. The van der Waals surface area contributed by atoms with Gasteiger partial charge in [0.05, 0.1) is 0 Å². The highest BCUT2D eigenvalue weighted by molar-refractivity contribution is 14.1. The van der Waals surface area contributed by atoms with Crippen LogP contribution in [0.3, 0.4) is 0 Å². The standard InChI is InChI=1S/C18H22IN/c1-3-12-20-18(16-6-4-5-7-17(16)19)13-15-10-8-14(2)9-11-15/h4-11,18,20H,3,12-13H2,1-2H3. The molecule has 0 aliphatic carbocycles. The van der Waals surface area contributed by atoms with Gasteiger partial charge in [0.25, 0.3) is 0 Å². The maximum absolute atomic E-state index is 3.68. The van der Waals surface area contributed by atoms with Gasteiger partial charge in [-0.15, -0.1) is 0 Å². The van der Waals surface area contributed by atoms with Crippen molar-refractivity contribution in [3.05, 3.63) is 68.8 Å². The van der Waals surface area contributed by atoms with Crippen molar-refractivity contribution in [2.24, 2.45) is 0 Å². The van der Waals surface area contributed by atoms with Crippen molar-refractivity contribution in [3.63, 3.8) is 0 Å². The van der Waals surface area contributed by atoms with E-state index in [1.54, 1.807) is 0 Å². The zero-order valence-electron chi connectivity index (χ0n) is 12.2. The van der Waals surface area contributed by atoms with Gasteiger partial charge in [-0.1, -0.05) is 55.0 Å². The molecule has 2 aromatic rings. The molecule has 1 nitrogen and oxygen atoms in total. The molecule has 0 aliphatic rings. The molecule has 0 bridgehead atoms. The highest BCUT2D eigenvalue weighted by Crippen LogP contribution is 2.23. The second kappa shape index (κ2) is 7.79. The van der Waals surface area contributed by atoms with Crippen LogP contribution in [0.15, 0.2) is 48.5 Å². The first-order valence-corrected chi connectivity index (χ1v) is 8.32. The molecule has 0 heterocycles. The quantitative estimate of drug-likeness (QED) is 0.706. The highest BCUT2D eigenvalue weighted by atomic mass is 127. The van der Waals surface area contributed by atoms with E-state index in [1.807, 2.05) is 0 Å². The van der Waals surface area contributed by atoms with E-state index in [0.29, 0.717) is 6.04 Å². The number of rotatable bonds is 6. The van der Waals surface area contributed by atoms with Gasteiger partial charge in [0.1, 0.15) is 0 Å². The van der Waals surface area contributed by atoms with Crippen molar-refractivity contribution in [1.29, 1.82) is 0 Å². The summed E-state index contributed by atoms with van der Waals surface area (Å²) in [5.41, 5.74) is 4.12. The lowest BCUT2D eigenvalue weighted by Crippen LogP contribution is -2.24. The second-order valence-electron chi connectivity index (χ2n) is 5.22. The van der Waals surface area contributed by atoms with Gasteiger partial charge in [-0.25, -0.2) is 0 Å². The number of hydrogen-bond donors (Lipinski definition) is 1. The number of halogens is 1. The molecule has 1 N–H and O–H groups in total. The van der Waals surface area contributed by atoms with Crippen LogP contribution in [0.25, 0.3) is 0 Å². The molecule has 1 unspecified atom stereocenters. The van der Waals surface area contributed by atoms with E-state index in [2.05, 4.69) is 90.3 Å². The van der Waals surface area contributed by atoms with Crippen molar-refractivity contribution in [2.45, 2.75) is 32.7 Å². The minimum Gasteiger partial charge on any atom is -0.310 e. The molecule has 0 fully saturated rings. The van der Waals surface area contributed by atoms with Crippen LogP contribution in [0.5, 0.6) is 0 Å². The van der Waals surface area contributed by atoms with E-state index in [-0.39, 0.29) is 0 Å². The summed E-state index contributed by atoms with van der Waals surface area (Å²) in [6.45, 7) is 5.41. The molecule has 2 aromatic carbocycles. The largest absolute Gasteiger partial charge is 0.310 e. The lowest BCUT2D eigenvalue weighted by Gasteiger charge is -2.20. The summed E-state index contributed by atoms with van der Waals surface area (Å²) < 4.78 is 1.34. The van der Waals surface area contributed by atoms with E-state index >= 15 is 0 Å². The molecule has 0 amide bonds. The van der Waals surface area contributed by atoms with E-state index in [9.17, 15) is 0 Å². The van der Waals surface area contributed by atoms with E-state index in [0.717, 1.165) is 19.4 Å². The summed E-state index contributed by atoms with van der Waals surface area (Å²) in [5, 5.41) is 3.68. The highest BCUT2D eigenvalue weighted by Gasteiger charge is 2.13. The Labute approximate surface area is 135 Å². The van der Waals surface area contributed by atoms with Crippen LogP contribution in [0.4, 0.5) is 0 Å². The average Bonchev–Trinajstić information content (AvgIpc) is 2.46. The topological polar surface area (TPSA) is 12.0 Å². The third kappa shape index (κ3) is 4.32.